The van der Waals surface area contributed by atoms with Gasteiger partial charge in [0, 0.05) is 32.0 Å². The molecule has 1 atom stereocenters. The van der Waals surface area contributed by atoms with Crippen LogP contribution in [0, 0.1) is 5.92 Å². The van der Waals surface area contributed by atoms with Gasteiger partial charge in [0.15, 0.2) is 5.82 Å². The third kappa shape index (κ3) is 4.28. The summed E-state index contributed by atoms with van der Waals surface area (Å²) in [7, 11) is 1.93. The van der Waals surface area contributed by atoms with Crippen molar-refractivity contribution in [2.75, 3.05) is 26.7 Å². The molecule has 1 N–H and O–H groups in total. The topological polar surface area (TPSA) is 54.2 Å². The first kappa shape index (κ1) is 14.5. The molecule has 1 fully saturated rings. The van der Waals surface area contributed by atoms with E-state index in [9.17, 15) is 0 Å². The molecule has 5 heteroatoms. The molecule has 0 saturated carbocycles. The summed E-state index contributed by atoms with van der Waals surface area (Å²) in [6.07, 6.45) is 4.33. The molecular formula is C14H26N4O. The van der Waals surface area contributed by atoms with Gasteiger partial charge in [0.25, 0.3) is 0 Å². The number of nitrogens with one attached hydrogen (secondary N) is 1. The summed E-state index contributed by atoms with van der Waals surface area (Å²) < 4.78 is 5.27. The predicted octanol–water partition coefficient (Wildman–Crippen LogP) is 1.49. The van der Waals surface area contributed by atoms with Gasteiger partial charge in [-0.2, -0.15) is 4.98 Å². The first-order valence-corrected chi connectivity index (χ1v) is 7.39. The van der Waals surface area contributed by atoms with E-state index in [0.29, 0.717) is 12.0 Å². The Hall–Kier alpha value is -0.940. The standard InChI is InChI=1S/C14H26N4O/c1-11(2)18-8-4-5-12(10-18)9-13-16-14(19-17-13)6-7-15-3/h11-12,15H,4-10H2,1-3H3. The summed E-state index contributed by atoms with van der Waals surface area (Å²) >= 11 is 0. The number of piperidine rings is 1. The molecule has 108 valence electrons. The van der Waals surface area contributed by atoms with Crippen LogP contribution in [0.1, 0.15) is 38.4 Å². The van der Waals surface area contributed by atoms with E-state index in [-0.39, 0.29) is 0 Å². The van der Waals surface area contributed by atoms with Crippen molar-refractivity contribution < 1.29 is 4.52 Å². The smallest absolute Gasteiger partial charge is 0.227 e. The first-order valence-electron chi connectivity index (χ1n) is 7.39. The van der Waals surface area contributed by atoms with Gasteiger partial charge in [0.1, 0.15) is 0 Å². The Morgan fingerprint density at radius 3 is 3.05 bits per heavy atom. The van der Waals surface area contributed by atoms with E-state index >= 15 is 0 Å². The summed E-state index contributed by atoms with van der Waals surface area (Å²) in [4.78, 5) is 7.03. The lowest BCUT2D eigenvalue weighted by Crippen LogP contribution is -2.40. The van der Waals surface area contributed by atoms with Gasteiger partial charge in [-0.3, -0.25) is 0 Å². The van der Waals surface area contributed by atoms with E-state index in [2.05, 4.69) is 34.2 Å². The van der Waals surface area contributed by atoms with Crippen molar-refractivity contribution in [3.05, 3.63) is 11.7 Å². The molecule has 0 aromatic carbocycles. The minimum absolute atomic E-state index is 0.638. The average molecular weight is 266 g/mol. The lowest BCUT2D eigenvalue weighted by Gasteiger charge is -2.35. The highest BCUT2D eigenvalue weighted by Crippen LogP contribution is 2.21. The van der Waals surface area contributed by atoms with Crippen LogP contribution < -0.4 is 5.32 Å². The maximum atomic E-state index is 5.27. The van der Waals surface area contributed by atoms with Crippen molar-refractivity contribution in [3.63, 3.8) is 0 Å². The molecule has 1 aliphatic heterocycles. The second-order valence-electron chi connectivity index (χ2n) is 5.76. The maximum absolute atomic E-state index is 5.27. The molecule has 2 heterocycles. The monoisotopic (exact) mass is 266 g/mol. The third-order valence-electron chi connectivity index (χ3n) is 3.85. The second kappa shape index (κ2) is 7.01. The summed E-state index contributed by atoms with van der Waals surface area (Å²) in [6, 6.07) is 0.638. The van der Waals surface area contributed by atoms with E-state index < -0.39 is 0 Å². The molecule has 0 spiro atoms. The highest BCUT2D eigenvalue weighted by Gasteiger charge is 2.23. The van der Waals surface area contributed by atoms with Crippen LogP contribution in [0.3, 0.4) is 0 Å². The van der Waals surface area contributed by atoms with Crippen molar-refractivity contribution in [2.45, 2.75) is 45.6 Å². The number of nitrogens with zero attached hydrogens (tertiary/aromatic N) is 3. The van der Waals surface area contributed by atoms with Gasteiger partial charge < -0.3 is 14.7 Å². The minimum Gasteiger partial charge on any atom is -0.339 e. The summed E-state index contributed by atoms with van der Waals surface area (Å²) in [5, 5.41) is 7.19. The Kier molecular flexibility index (Phi) is 5.34. The first-order chi connectivity index (χ1) is 9.19. The number of hydrogen-bond acceptors (Lipinski definition) is 5. The quantitative estimate of drug-likeness (QED) is 0.845. The maximum Gasteiger partial charge on any atom is 0.227 e. The highest BCUT2D eigenvalue weighted by molar-refractivity contribution is 4.91. The fourth-order valence-corrected chi connectivity index (χ4v) is 2.70. The zero-order chi connectivity index (χ0) is 13.7. The zero-order valence-corrected chi connectivity index (χ0v) is 12.4. The van der Waals surface area contributed by atoms with Crippen molar-refractivity contribution >= 4 is 0 Å². The zero-order valence-electron chi connectivity index (χ0n) is 12.4. The van der Waals surface area contributed by atoms with Crippen molar-refractivity contribution in [2.24, 2.45) is 5.92 Å². The molecule has 0 aliphatic carbocycles. The molecule has 1 aromatic heterocycles. The fourth-order valence-electron chi connectivity index (χ4n) is 2.70. The summed E-state index contributed by atoms with van der Waals surface area (Å²) in [5.74, 6) is 2.30. The molecule has 0 amide bonds. The third-order valence-corrected chi connectivity index (χ3v) is 3.85. The molecule has 19 heavy (non-hydrogen) atoms. The molecule has 1 aromatic rings. The fraction of sp³-hybridized carbons (Fsp3) is 0.857. The number of aromatic nitrogens is 2. The SMILES string of the molecule is CNCCc1nc(CC2CCCN(C(C)C)C2)no1. The van der Waals surface area contributed by atoms with E-state index in [0.717, 1.165) is 37.6 Å². The van der Waals surface area contributed by atoms with Gasteiger partial charge in [0.05, 0.1) is 0 Å². The Balaban J connectivity index is 1.84. The lowest BCUT2D eigenvalue weighted by atomic mass is 9.94. The largest absolute Gasteiger partial charge is 0.339 e. The van der Waals surface area contributed by atoms with Gasteiger partial charge in [-0.05, 0) is 46.2 Å². The van der Waals surface area contributed by atoms with E-state index in [1.807, 2.05) is 7.05 Å². The van der Waals surface area contributed by atoms with Gasteiger partial charge in [0.2, 0.25) is 5.89 Å². The summed E-state index contributed by atoms with van der Waals surface area (Å²) in [5.41, 5.74) is 0. The molecule has 5 nitrogen and oxygen atoms in total. The molecule has 0 bridgehead atoms. The van der Waals surface area contributed by atoms with E-state index in [1.165, 1.54) is 19.4 Å². The van der Waals surface area contributed by atoms with E-state index in [4.69, 9.17) is 4.52 Å². The Bertz CT molecular complexity index is 377. The molecule has 1 saturated heterocycles. The number of hydrogen-bond donors (Lipinski definition) is 1. The molecule has 0 radical (unpaired) electrons. The van der Waals surface area contributed by atoms with Gasteiger partial charge >= 0.3 is 0 Å². The van der Waals surface area contributed by atoms with Gasteiger partial charge in [-0.15, -0.1) is 0 Å². The number of rotatable bonds is 6. The molecule has 1 aliphatic rings. The summed E-state index contributed by atoms with van der Waals surface area (Å²) in [6.45, 7) is 7.82. The second-order valence-corrected chi connectivity index (χ2v) is 5.76. The van der Waals surface area contributed by atoms with Gasteiger partial charge in [-0.1, -0.05) is 5.16 Å². The molecular weight excluding hydrogens is 240 g/mol. The highest BCUT2D eigenvalue weighted by atomic mass is 16.5. The normalized spacial score (nSPS) is 21.2. The van der Waals surface area contributed by atoms with Crippen LogP contribution in [-0.4, -0.2) is 47.8 Å². The predicted molar refractivity (Wildman–Crippen MR) is 75.1 cm³/mol. The van der Waals surface area contributed by atoms with Crippen LogP contribution in [0.15, 0.2) is 4.52 Å². The van der Waals surface area contributed by atoms with Crippen molar-refractivity contribution in [1.82, 2.24) is 20.4 Å². The van der Waals surface area contributed by atoms with Crippen LogP contribution in [0.25, 0.3) is 0 Å². The Morgan fingerprint density at radius 2 is 2.32 bits per heavy atom. The Morgan fingerprint density at radius 1 is 1.47 bits per heavy atom. The lowest BCUT2D eigenvalue weighted by molar-refractivity contribution is 0.138. The number of likely N-dealkylation sites (tertiary alicyclic amines) is 1. The minimum atomic E-state index is 0.638. The van der Waals surface area contributed by atoms with Crippen LogP contribution in [0.5, 0.6) is 0 Å². The van der Waals surface area contributed by atoms with Crippen LogP contribution in [-0.2, 0) is 12.8 Å². The van der Waals surface area contributed by atoms with E-state index in [1.54, 1.807) is 0 Å². The number of likely N-dealkylation sites (N-methyl/N-ethyl adjacent to an activating group) is 1. The molecule has 1 unspecified atom stereocenters. The van der Waals surface area contributed by atoms with Gasteiger partial charge in [-0.25, -0.2) is 0 Å². The Labute approximate surface area is 115 Å². The average Bonchev–Trinajstić information content (AvgIpc) is 2.84. The van der Waals surface area contributed by atoms with Crippen molar-refractivity contribution in [3.8, 4) is 0 Å². The van der Waals surface area contributed by atoms with Crippen LogP contribution in [0.4, 0.5) is 0 Å². The van der Waals surface area contributed by atoms with Crippen molar-refractivity contribution in [1.29, 1.82) is 0 Å². The van der Waals surface area contributed by atoms with Crippen LogP contribution in [0.2, 0.25) is 0 Å². The molecule has 2 rings (SSSR count). The van der Waals surface area contributed by atoms with Crippen LogP contribution >= 0.6 is 0 Å².